The Morgan fingerprint density at radius 3 is 2.09 bits per heavy atom. The van der Waals surface area contributed by atoms with Gasteiger partial charge in [-0.05, 0) is 36.2 Å². The second-order valence-electron chi connectivity index (χ2n) is 10.4. The molecule has 3 atom stereocenters. The van der Waals surface area contributed by atoms with E-state index in [0.29, 0.717) is 12.2 Å². The smallest absolute Gasteiger partial charge is 0.330 e. The van der Waals surface area contributed by atoms with Crippen LogP contribution in [0.25, 0.3) is 0 Å². The molecular weight excluding hydrogens is 460 g/mol. The van der Waals surface area contributed by atoms with Gasteiger partial charge in [0.25, 0.3) is 8.32 Å². The molecule has 2 heterocycles. The van der Waals surface area contributed by atoms with Crippen LogP contribution in [0.2, 0.25) is 5.04 Å². The number of fused-ring (bicyclic) bond motifs is 1. The predicted molar refractivity (Wildman–Crippen MR) is 137 cm³/mol. The van der Waals surface area contributed by atoms with Gasteiger partial charge in [0.05, 0.1) is 13.2 Å². The van der Waals surface area contributed by atoms with Gasteiger partial charge in [-0.15, -0.1) is 0 Å². The Kier molecular flexibility index (Phi) is 7.36. The Balaban J connectivity index is 1.71. The van der Waals surface area contributed by atoms with Crippen LogP contribution in [0.1, 0.15) is 41.5 Å². The number of ether oxygens (including phenoxy) is 4. The minimum Gasteiger partial charge on any atom is -0.463 e. The second kappa shape index (κ2) is 9.99. The molecule has 0 spiro atoms. The molecule has 6 nitrogen and oxygen atoms in total. The zero-order valence-corrected chi connectivity index (χ0v) is 22.4. The molecule has 0 saturated carbocycles. The third-order valence-electron chi connectivity index (χ3n) is 6.50. The van der Waals surface area contributed by atoms with Crippen LogP contribution in [-0.4, -0.2) is 51.8 Å². The van der Waals surface area contributed by atoms with E-state index in [1.54, 1.807) is 6.92 Å². The molecule has 2 aromatic carbocycles. The summed E-state index contributed by atoms with van der Waals surface area (Å²) in [6.07, 6.45) is -0.0917. The number of carbonyl (C=O) groups excluding carboxylic acids is 1. The first-order valence-electron chi connectivity index (χ1n) is 12.2. The first kappa shape index (κ1) is 25.8. The minimum absolute atomic E-state index is 0.176. The molecule has 2 aromatic rings. The predicted octanol–water partition coefficient (Wildman–Crippen LogP) is 3.93. The molecular formula is C28H36O6Si. The van der Waals surface area contributed by atoms with E-state index in [1.165, 1.54) is 16.4 Å². The lowest BCUT2D eigenvalue weighted by molar-refractivity contribution is -0.202. The van der Waals surface area contributed by atoms with Crippen molar-refractivity contribution in [3.05, 3.63) is 72.3 Å². The Bertz CT molecular complexity index is 1000. The summed E-state index contributed by atoms with van der Waals surface area (Å²) in [6.45, 7) is 12.7. The molecule has 2 aliphatic heterocycles. The van der Waals surface area contributed by atoms with Crippen molar-refractivity contribution in [1.82, 2.24) is 0 Å². The molecule has 0 N–H and O–H groups in total. The Morgan fingerprint density at radius 1 is 1.00 bits per heavy atom. The average Bonchev–Trinajstić information content (AvgIpc) is 3.27. The molecule has 0 bridgehead atoms. The van der Waals surface area contributed by atoms with E-state index < -0.39 is 38.6 Å². The highest BCUT2D eigenvalue weighted by Gasteiger charge is 2.54. The fourth-order valence-electron chi connectivity index (χ4n) is 5.07. The van der Waals surface area contributed by atoms with Gasteiger partial charge in [0.15, 0.2) is 12.1 Å². The lowest BCUT2D eigenvalue weighted by atomic mass is 10.1. The monoisotopic (exact) mass is 496 g/mol. The molecule has 7 heteroatoms. The summed E-state index contributed by atoms with van der Waals surface area (Å²) in [5.41, 5.74) is 0.692. The maximum absolute atomic E-state index is 12.4. The van der Waals surface area contributed by atoms with Crippen molar-refractivity contribution in [2.75, 3.05) is 13.2 Å². The lowest BCUT2D eigenvalue weighted by Crippen LogP contribution is -2.67. The summed E-state index contributed by atoms with van der Waals surface area (Å²) in [6, 6.07) is 20.9. The SMILES string of the molecule is CCOC(=O)/C=C1/[C@@H](CO[Si](c2ccccc2)(c2ccccc2)C(C)(C)C)O[C@H]2OC(C)(C)O[C@@H]12. The third kappa shape index (κ3) is 5.15. The van der Waals surface area contributed by atoms with Crippen LogP contribution in [0, 0.1) is 0 Å². The molecule has 2 saturated heterocycles. The molecule has 0 unspecified atom stereocenters. The van der Waals surface area contributed by atoms with Crippen LogP contribution < -0.4 is 10.4 Å². The highest BCUT2D eigenvalue weighted by molar-refractivity contribution is 6.99. The van der Waals surface area contributed by atoms with Gasteiger partial charge in [0.2, 0.25) is 0 Å². The van der Waals surface area contributed by atoms with Crippen LogP contribution >= 0.6 is 0 Å². The number of benzene rings is 2. The third-order valence-corrected chi connectivity index (χ3v) is 11.5. The van der Waals surface area contributed by atoms with Crippen molar-refractivity contribution < 1.29 is 28.2 Å². The Labute approximate surface area is 209 Å². The van der Waals surface area contributed by atoms with Crippen LogP contribution in [0.3, 0.4) is 0 Å². The number of carbonyl (C=O) groups is 1. The van der Waals surface area contributed by atoms with Gasteiger partial charge in [-0.3, -0.25) is 0 Å². The molecule has 2 fully saturated rings. The number of rotatable bonds is 7. The van der Waals surface area contributed by atoms with Crippen LogP contribution in [0.4, 0.5) is 0 Å². The largest absolute Gasteiger partial charge is 0.463 e. The number of esters is 1. The zero-order valence-electron chi connectivity index (χ0n) is 21.4. The molecule has 0 aliphatic carbocycles. The van der Waals surface area contributed by atoms with Crippen molar-refractivity contribution >= 4 is 24.7 Å². The first-order valence-corrected chi connectivity index (χ1v) is 14.1. The van der Waals surface area contributed by atoms with Crippen molar-refractivity contribution in [2.24, 2.45) is 0 Å². The number of hydrogen-bond acceptors (Lipinski definition) is 6. The topological polar surface area (TPSA) is 63.2 Å². The molecule has 2 aliphatic rings. The maximum Gasteiger partial charge on any atom is 0.330 e. The lowest BCUT2D eigenvalue weighted by Gasteiger charge is -2.43. The fourth-order valence-corrected chi connectivity index (χ4v) is 9.63. The summed E-state index contributed by atoms with van der Waals surface area (Å²) in [5.74, 6) is -1.22. The van der Waals surface area contributed by atoms with Gasteiger partial charge in [-0.2, -0.15) is 0 Å². The van der Waals surface area contributed by atoms with Crippen molar-refractivity contribution in [3.8, 4) is 0 Å². The Hall–Kier alpha value is -2.29. The molecule has 188 valence electrons. The quantitative estimate of drug-likeness (QED) is 0.329. The van der Waals surface area contributed by atoms with Gasteiger partial charge in [0.1, 0.15) is 12.2 Å². The highest BCUT2D eigenvalue weighted by Crippen LogP contribution is 2.42. The molecule has 0 radical (unpaired) electrons. The molecule has 0 aromatic heterocycles. The van der Waals surface area contributed by atoms with Crippen molar-refractivity contribution in [1.29, 1.82) is 0 Å². The van der Waals surface area contributed by atoms with Gasteiger partial charge >= 0.3 is 5.97 Å². The summed E-state index contributed by atoms with van der Waals surface area (Å²) in [5, 5.41) is 2.19. The van der Waals surface area contributed by atoms with E-state index in [9.17, 15) is 4.79 Å². The first-order chi connectivity index (χ1) is 16.6. The van der Waals surface area contributed by atoms with Crippen molar-refractivity contribution in [2.45, 2.75) is 70.9 Å². The minimum atomic E-state index is -2.77. The van der Waals surface area contributed by atoms with Crippen LogP contribution in [-0.2, 0) is 28.2 Å². The normalized spacial score (nSPS) is 25.0. The standard InChI is InChI=1S/C28H36O6Si/c1-7-30-24(29)18-22-23(32-26-25(22)33-28(5,6)34-26)19-31-35(27(2,3)4,20-14-10-8-11-15-20)21-16-12-9-13-17-21/h8-18,23,25-26H,7,19H2,1-6H3/b22-18-/t23-,25+,26+/m1/s1. The average molecular weight is 497 g/mol. The Morgan fingerprint density at radius 2 is 1.57 bits per heavy atom. The molecule has 4 rings (SSSR count). The zero-order chi connectivity index (χ0) is 25.3. The second-order valence-corrected chi connectivity index (χ2v) is 14.7. The van der Waals surface area contributed by atoms with E-state index in [1.807, 2.05) is 26.0 Å². The van der Waals surface area contributed by atoms with E-state index in [2.05, 4.69) is 69.3 Å². The molecule has 35 heavy (non-hydrogen) atoms. The highest BCUT2D eigenvalue weighted by atomic mass is 28.4. The molecule has 0 amide bonds. The van der Waals surface area contributed by atoms with Crippen molar-refractivity contribution in [3.63, 3.8) is 0 Å². The van der Waals surface area contributed by atoms with E-state index >= 15 is 0 Å². The summed E-state index contributed by atoms with van der Waals surface area (Å²) in [4.78, 5) is 12.4. The van der Waals surface area contributed by atoms with Gasteiger partial charge in [0, 0.05) is 11.6 Å². The van der Waals surface area contributed by atoms with Gasteiger partial charge < -0.3 is 23.4 Å². The summed E-state index contributed by atoms with van der Waals surface area (Å²) < 4.78 is 30.6. The van der Waals surface area contributed by atoms with Gasteiger partial charge in [-0.25, -0.2) is 4.79 Å². The van der Waals surface area contributed by atoms with E-state index in [0.717, 1.165) is 0 Å². The van der Waals surface area contributed by atoms with E-state index in [-0.39, 0.29) is 11.6 Å². The van der Waals surface area contributed by atoms with Crippen LogP contribution in [0.5, 0.6) is 0 Å². The fraction of sp³-hybridized carbons (Fsp3) is 0.464. The van der Waals surface area contributed by atoms with Gasteiger partial charge in [-0.1, -0.05) is 81.4 Å². The summed E-state index contributed by atoms with van der Waals surface area (Å²) >= 11 is 0. The summed E-state index contributed by atoms with van der Waals surface area (Å²) in [7, 11) is -2.77. The maximum atomic E-state index is 12.4. The number of hydrogen-bond donors (Lipinski definition) is 0. The van der Waals surface area contributed by atoms with E-state index in [4.69, 9.17) is 23.4 Å². The van der Waals surface area contributed by atoms with Crippen LogP contribution in [0.15, 0.2) is 72.3 Å².